The van der Waals surface area contributed by atoms with Crippen LogP contribution in [0.25, 0.3) is 23.3 Å². The molecule has 3 rings (SSSR count). The molecule has 0 aliphatic rings. The van der Waals surface area contributed by atoms with Crippen LogP contribution in [0.15, 0.2) is 50.3 Å². The molecule has 0 amide bonds. The molecule has 0 bridgehead atoms. The van der Waals surface area contributed by atoms with Gasteiger partial charge >= 0.3 is 0 Å². The van der Waals surface area contributed by atoms with Crippen molar-refractivity contribution in [1.82, 2.24) is 9.97 Å². The van der Waals surface area contributed by atoms with E-state index in [0.717, 1.165) is 0 Å². The molecule has 74 valence electrons. The molecule has 0 atom stereocenters. The highest BCUT2D eigenvalue weighted by Crippen LogP contribution is 2.24. The number of rotatable bonds is 2. The van der Waals surface area contributed by atoms with Crippen molar-refractivity contribution in [3.05, 3.63) is 37.1 Å². The van der Waals surface area contributed by atoms with Crippen molar-refractivity contribution in [1.29, 1.82) is 0 Å². The molecule has 5 nitrogen and oxygen atoms in total. The van der Waals surface area contributed by atoms with Crippen molar-refractivity contribution < 1.29 is 13.3 Å². The first-order valence-corrected chi connectivity index (χ1v) is 4.33. The second-order valence-electron chi connectivity index (χ2n) is 2.84. The van der Waals surface area contributed by atoms with Gasteiger partial charge in [-0.05, 0) is 12.1 Å². The van der Waals surface area contributed by atoms with Gasteiger partial charge in [-0.1, -0.05) is 0 Å². The largest absolute Gasteiger partial charge is 0.459 e. The van der Waals surface area contributed by atoms with Crippen molar-refractivity contribution in [3.8, 4) is 23.3 Å². The van der Waals surface area contributed by atoms with E-state index in [4.69, 9.17) is 13.3 Å². The first kappa shape index (κ1) is 8.05. The van der Waals surface area contributed by atoms with Gasteiger partial charge in [0.1, 0.15) is 6.26 Å². The van der Waals surface area contributed by atoms with E-state index >= 15 is 0 Å². The van der Waals surface area contributed by atoms with Gasteiger partial charge in [0.25, 0.3) is 11.8 Å². The Morgan fingerprint density at radius 3 is 2.67 bits per heavy atom. The Hall–Kier alpha value is -2.30. The predicted octanol–water partition coefficient (Wildman–Crippen LogP) is 2.59. The van der Waals surface area contributed by atoms with Gasteiger partial charge in [0, 0.05) is 0 Å². The van der Waals surface area contributed by atoms with Crippen LogP contribution in [0.2, 0.25) is 0 Å². The van der Waals surface area contributed by atoms with E-state index in [1.165, 1.54) is 6.26 Å². The highest BCUT2D eigenvalue weighted by molar-refractivity contribution is 5.50. The summed E-state index contributed by atoms with van der Waals surface area (Å²) in [4.78, 5) is 8.00. The van der Waals surface area contributed by atoms with Crippen LogP contribution in [0.5, 0.6) is 0 Å². The number of hydrogen-bond donors (Lipinski definition) is 0. The molecular formula is C10H6N2O3. The molecule has 0 aliphatic carbocycles. The lowest BCUT2D eigenvalue weighted by Crippen LogP contribution is -1.70. The second kappa shape index (κ2) is 3.13. The summed E-state index contributed by atoms with van der Waals surface area (Å²) in [5, 5.41) is 0. The number of hydrogen-bond acceptors (Lipinski definition) is 5. The van der Waals surface area contributed by atoms with Gasteiger partial charge in [-0.3, -0.25) is 0 Å². The van der Waals surface area contributed by atoms with Crippen LogP contribution in [0.1, 0.15) is 0 Å². The minimum atomic E-state index is 0.403. The van der Waals surface area contributed by atoms with Crippen LogP contribution in [-0.2, 0) is 0 Å². The molecule has 0 aromatic carbocycles. The highest BCUT2D eigenvalue weighted by Gasteiger charge is 2.12. The molecular weight excluding hydrogens is 196 g/mol. The van der Waals surface area contributed by atoms with Crippen LogP contribution in [0, 0.1) is 0 Å². The summed E-state index contributed by atoms with van der Waals surface area (Å²) in [5.74, 6) is 1.87. The molecule has 0 fully saturated rings. The summed E-state index contributed by atoms with van der Waals surface area (Å²) < 4.78 is 15.6. The number of aromatic nitrogens is 2. The average molecular weight is 202 g/mol. The summed E-state index contributed by atoms with van der Waals surface area (Å²) in [6, 6.07) is 3.54. The van der Waals surface area contributed by atoms with E-state index in [1.807, 2.05) is 0 Å². The molecule has 0 aliphatic heterocycles. The Morgan fingerprint density at radius 2 is 1.93 bits per heavy atom. The van der Waals surface area contributed by atoms with E-state index < -0.39 is 0 Å². The maximum absolute atomic E-state index is 5.41. The van der Waals surface area contributed by atoms with E-state index in [9.17, 15) is 0 Å². The molecule has 3 aromatic rings. The molecule has 0 unspecified atom stereocenters. The zero-order valence-corrected chi connectivity index (χ0v) is 7.58. The van der Waals surface area contributed by atoms with Crippen molar-refractivity contribution in [2.24, 2.45) is 0 Å². The summed E-state index contributed by atoms with van der Waals surface area (Å²) in [6.07, 6.45) is 6.13. The first-order chi connectivity index (χ1) is 7.43. The van der Waals surface area contributed by atoms with Gasteiger partial charge in [-0.2, -0.15) is 0 Å². The third-order valence-corrected chi connectivity index (χ3v) is 1.88. The second-order valence-corrected chi connectivity index (χ2v) is 2.84. The predicted molar refractivity (Wildman–Crippen MR) is 49.7 cm³/mol. The third kappa shape index (κ3) is 1.34. The fraction of sp³-hybridized carbons (Fsp3) is 0. The minimum Gasteiger partial charge on any atom is -0.459 e. The molecule has 5 heteroatoms. The van der Waals surface area contributed by atoms with Gasteiger partial charge in [-0.25, -0.2) is 9.97 Å². The zero-order chi connectivity index (χ0) is 10.1. The first-order valence-electron chi connectivity index (χ1n) is 4.33. The van der Waals surface area contributed by atoms with Crippen molar-refractivity contribution in [3.63, 3.8) is 0 Å². The van der Waals surface area contributed by atoms with Crippen molar-refractivity contribution in [2.75, 3.05) is 0 Å². The van der Waals surface area contributed by atoms with Crippen molar-refractivity contribution in [2.45, 2.75) is 0 Å². The van der Waals surface area contributed by atoms with Crippen molar-refractivity contribution >= 4 is 0 Å². The van der Waals surface area contributed by atoms with Gasteiger partial charge in [0.2, 0.25) is 5.76 Å². The topological polar surface area (TPSA) is 65.2 Å². The third-order valence-electron chi connectivity index (χ3n) is 1.88. The summed E-state index contributed by atoms with van der Waals surface area (Å²) in [7, 11) is 0. The van der Waals surface area contributed by atoms with Crippen LogP contribution in [0.3, 0.4) is 0 Å². The van der Waals surface area contributed by atoms with Crippen LogP contribution in [0.4, 0.5) is 0 Å². The van der Waals surface area contributed by atoms with Crippen LogP contribution >= 0.6 is 0 Å². The molecule has 15 heavy (non-hydrogen) atoms. The van der Waals surface area contributed by atoms with Gasteiger partial charge in [0.15, 0.2) is 5.76 Å². The Labute approximate surface area is 84.4 Å². The molecule has 3 aromatic heterocycles. The Bertz CT molecular complexity index is 488. The fourth-order valence-electron chi connectivity index (χ4n) is 1.23. The van der Waals surface area contributed by atoms with E-state index in [2.05, 4.69) is 9.97 Å². The normalized spacial score (nSPS) is 10.7. The quantitative estimate of drug-likeness (QED) is 0.638. The summed E-state index contributed by atoms with van der Waals surface area (Å²) >= 11 is 0. The zero-order valence-electron chi connectivity index (χ0n) is 7.58. The van der Waals surface area contributed by atoms with Crippen LogP contribution in [-0.4, -0.2) is 9.97 Å². The molecule has 3 heterocycles. The molecule has 0 spiro atoms. The molecule has 0 radical (unpaired) electrons. The van der Waals surface area contributed by atoms with Gasteiger partial charge in [-0.15, -0.1) is 0 Å². The van der Waals surface area contributed by atoms with Crippen LogP contribution < -0.4 is 0 Å². The van der Waals surface area contributed by atoms with E-state index in [-0.39, 0.29) is 0 Å². The maximum Gasteiger partial charge on any atom is 0.264 e. The molecule has 0 saturated carbocycles. The summed E-state index contributed by atoms with van der Waals surface area (Å²) in [6.45, 7) is 0. The lowest BCUT2D eigenvalue weighted by molar-refractivity contribution is 0.499. The molecule has 0 saturated heterocycles. The smallest absolute Gasteiger partial charge is 0.264 e. The van der Waals surface area contributed by atoms with Gasteiger partial charge < -0.3 is 13.3 Å². The Balaban J connectivity index is 2.02. The Kier molecular flexibility index (Phi) is 1.68. The van der Waals surface area contributed by atoms with Gasteiger partial charge in [0.05, 0.1) is 18.7 Å². The maximum atomic E-state index is 5.41. The highest BCUT2D eigenvalue weighted by atomic mass is 16.4. The summed E-state index contributed by atoms with van der Waals surface area (Å²) in [5.41, 5.74) is 0. The lowest BCUT2D eigenvalue weighted by Gasteiger charge is -1.87. The van der Waals surface area contributed by atoms with E-state index in [1.54, 1.807) is 30.8 Å². The SMILES string of the molecule is c1coc(-c2ncc(-c3ncco3)o2)c1. The Morgan fingerprint density at radius 1 is 0.933 bits per heavy atom. The fourth-order valence-corrected chi connectivity index (χ4v) is 1.23. The minimum absolute atomic E-state index is 0.403. The lowest BCUT2D eigenvalue weighted by atomic mass is 10.4. The molecule has 0 N–H and O–H groups in total. The standard InChI is InChI=1S/C10H6N2O3/c1-2-7(13-4-1)10-12-6-8(15-10)9-11-3-5-14-9/h1-6H. The monoisotopic (exact) mass is 202 g/mol. The number of oxazole rings is 2. The number of nitrogens with zero attached hydrogens (tertiary/aromatic N) is 2. The van der Waals surface area contributed by atoms with E-state index in [0.29, 0.717) is 23.3 Å². The average Bonchev–Trinajstić information content (AvgIpc) is 3.02. The number of furan rings is 1.